The van der Waals surface area contributed by atoms with E-state index < -0.39 is 0 Å². The van der Waals surface area contributed by atoms with Crippen LogP contribution in [0, 0.1) is 0 Å². The van der Waals surface area contributed by atoms with E-state index in [1.54, 1.807) is 16.8 Å². The van der Waals surface area contributed by atoms with E-state index in [2.05, 4.69) is 4.98 Å². The molecule has 0 aliphatic heterocycles. The summed E-state index contributed by atoms with van der Waals surface area (Å²) < 4.78 is 1.78. The standard InChI is InChI=1S/C22H18ClN3OS/c1-15(17-7-3-2-4-8-17)26-21(27)18-9-5-6-10-19(18)25-22(26)28-14-16-11-12-20(23)24-13-16/h2-13,15H,14H2,1H3. The van der Waals surface area contributed by atoms with Gasteiger partial charge in [-0.25, -0.2) is 9.97 Å². The lowest BCUT2D eigenvalue weighted by molar-refractivity contribution is 0.548. The molecule has 140 valence electrons. The first kappa shape index (κ1) is 18.7. The normalized spacial score (nSPS) is 12.2. The zero-order chi connectivity index (χ0) is 19.5. The summed E-state index contributed by atoms with van der Waals surface area (Å²) in [5.74, 6) is 0.649. The Hall–Kier alpha value is -2.63. The van der Waals surface area contributed by atoms with Crippen LogP contribution in [0.25, 0.3) is 10.9 Å². The molecule has 0 N–H and O–H groups in total. The van der Waals surface area contributed by atoms with Crippen LogP contribution in [-0.2, 0) is 5.75 Å². The van der Waals surface area contributed by atoms with Crippen molar-refractivity contribution in [3.05, 3.63) is 99.6 Å². The van der Waals surface area contributed by atoms with Gasteiger partial charge in [-0.15, -0.1) is 0 Å². The number of hydrogen-bond acceptors (Lipinski definition) is 4. The molecule has 2 aromatic carbocycles. The summed E-state index contributed by atoms with van der Waals surface area (Å²) >= 11 is 7.40. The number of pyridine rings is 1. The molecule has 0 bridgehead atoms. The molecule has 0 radical (unpaired) electrons. The van der Waals surface area contributed by atoms with Gasteiger partial charge in [0.1, 0.15) is 5.15 Å². The van der Waals surface area contributed by atoms with Gasteiger partial charge >= 0.3 is 0 Å². The maximum atomic E-state index is 13.3. The summed E-state index contributed by atoms with van der Waals surface area (Å²) in [5.41, 5.74) is 2.77. The lowest BCUT2D eigenvalue weighted by Gasteiger charge is -2.20. The number of rotatable bonds is 5. The van der Waals surface area contributed by atoms with Gasteiger partial charge in [-0.05, 0) is 36.2 Å². The first-order valence-electron chi connectivity index (χ1n) is 8.93. The molecule has 1 atom stereocenters. The van der Waals surface area contributed by atoms with Crippen molar-refractivity contribution in [2.24, 2.45) is 0 Å². The quantitative estimate of drug-likeness (QED) is 0.254. The Labute approximate surface area is 172 Å². The van der Waals surface area contributed by atoms with Gasteiger partial charge < -0.3 is 0 Å². The number of hydrogen-bond donors (Lipinski definition) is 0. The van der Waals surface area contributed by atoms with E-state index in [9.17, 15) is 4.79 Å². The van der Waals surface area contributed by atoms with E-state index in [1.807, 2.05) is 67.6 Å². The van der Waals surface area contributed by atoms with Gasteiger partial charge in [0.05, 0.1) is 16.9 Å². The highest BCUT2D eigenvalue weighted by molar-refractivity contribution is 7.98. The molecule has 2 heterocycles. The average Bonchev–Trinajstić information content (AvgIpc) is 2.74. The Balaban J connectivity index is 1.79. The summed E-state index contributed by atoms with van der Waals surface area (Å²) in [6.45, 7) is 2.03. The Morgan fingerprint density at radius 3 is 2.54 bits per heavy atom. The minimum atomic E-state index is -0.128. The molecule has 0 saturated carbocycles. The number of benzene rings is 2. The number of nitrogens with zero attached hydrogens (tertiary/aromatic N) is 3. The Kier molecular flexibility index (Phi) is 5.46. The van der Waals surface area contributed by atoms with E-state index in [0.717, 1.165) is 11.1 Å². The van der Waals surface area contributed by atoms with E-state index >= 15 is 0 Å². The number of aromatic nitrogens is 3. The number of para-hydroxylation sites is 1. The zero-order valence-corrected chi connectivity index (χ0v) is 16.8. The molecule has 4 rings (SSSR count). The van der Waals surface area contributed by atoms with E-state index in [0.29, 0.717) is 27.0 Å². The summed E-state index contributed by atoms with van der Waals surface area (Å²) in [6.07, 6.45) is 1.75. The van der Waals surface area contributed by atoms with Crippen LogP contribution in [0.3, 0.4) is 0 Å². The highest BCUT2D eigenvalue weighted by Gasteiger charge is 2.18. The van der Waals surface area contributed by atoms with Crippen molar-refractivity contribution in [3.63, 3.8) is 0 Å². The predicted molar refractivity (Wildman–Crippen MR) is 115 cm³/mol. The summed E-state index contributed by atoms with van der Waals surface area (Å²) in [6, 6.07) is 21.1. The second-order valence-electron chi connectivity index (χ2n) is 6.45. The van der Waals surface area contributed by atoms with Crippen LogP contribution < -0.4 is 5.56 Å². The van der Waals surface area contributed by atoms with Gasteiger partial charge in [-0.2, -0.15) is 0 Å². The lowest BCUT2D eigenvalue weighted by atomic mass is 10.1. The molecular formula is C22H18ClN3OS. The molecule has 0 aliphatic carbocycles. The van der Waals surface area contributed by atoms with Crippen molar-refractivity contribution in [1.29, 1.82) is 0 Å². The molecule has 2 aromatic heterocycles. The van der Waals surface area contributed by atoms with Gasteiger partial charge in [-0.3, -0.25) is 9.36 Å². The van der Waals surface area contributed by atoms with Gasteiger partial charge in [0.2, 0.25) is 0 Å². The number of thioether (sulfide) groups is 1. The van der Waals surface area contributed by atoms with Gasteiger partial charge in [-0.1, -0.05) is 71.9 Å². The Bertz CT molecular complexity index is 1160. The van der Waals surface area contributed by atoms with Gasteiger partial charge in [0.15, 0.2) is 5.16 Å². The molecule has 0 aliphatic rings. The molecule has 4 aromatic rings. The number of fused-ring (bicyclic) bond motifs is 1. The fraction of sp³-hybridized carbons (Fsp3) is 0.136. The van der Waals surface area contributed by atoms with Crippen molar-refractivity contribution in [2.75, 3.05) is 0 Å². The van der Waals surface area contributed by atoms with Crippen molar-refractivity contribution in [1.82, 2.24) is 14.5 Å². The van der Waals surface area contributed by atoms with Crippen LogP contribution in [-0.4, -0.2) is 14.5 Å². The number of halogens is 1. The molecule has 0 spiro atoms. The smallest absolute Gasteiger partial charge is 0.262 e. The fourth-order valence-electron chi connectivity index (χ4n) is 3.09. The highest BCUT2D eigenvalue weighted by Crippen LogP contribution is 2.27. The van der Waals surface area contributed by atoms with Crippen LogP contribution in [0.15, 0.2) is 82.9 Å². The third kappa shape index (κ3) is 3.81. The highest BCUT2D eigenvalue weighted by atomic mass is 35.5. The van der Waals surface area contributed by atoms with Crippen LogP contribution >= 0.6 is 23.4 Å². The minimum absolute atomic E-state index is 0.0290. The molecule has 0 fully saturated rings. The molecule has 1 unspecified atom stereocenters. The summed E-state index contributed by atoms with van der Waals surface area (Å²) in [4.78, 5) is 22.2. The Morgan fingerprint density at radius 1 is 1.04 bits per heavy atom. The fourth-order valence-corrected chi connectivity index (χ4v) is 4.21. The lowest BCUT2D eigenvalue weighted by Crippen LogP contribution is -2.27. The molecule has 0 amide bonds. The zero-order valence-electron chi connectivity index (χ0n) is 15.2. The van der Waals surface area contributed by atoms with Gasteiger partial charge in [0.25, 0.3) is 5.56 Å². The summed E-state index contributed by atoms with van der Waals surface area (Å²) in [7, 11) is 0. The van der Waals surface area contributed by atoms with Crippen molar-refractivity contribution in [3.8, 4) is 0 Å². The third-order valence-electron chi connectivity index (χ3n) is 4.60. The van der Waals surface area contributed by atoms with Crippen LogP contribution in [0.5, 0.6) is 0 Å². The van der Waals surface area contributed by atoms with Gasteiger partial charge in [0, 0.05) is 11.9 Å². The van der Waals surface area contributed by atoms with Crippen molar-refractivity contribution >= 4 is 34.3 Å². The van der Waals surface area contributed by atoms with Crippen molar-refractivity contribution < 1.29 is 0 Å². The van der Waals surface area contributed by atoms with E-state index in [-0.39, 0.29) is 11.6 Å². The van der Waals surface area contributed by atoms with E-state index in [1.165, 1.54) is 11.8 Å². The van der Waals surface area contributed by atoms with Crippen LogP contribution in [0.4, 0.5) is 0 Å². The first-order valence-corrected chi connectivity index (χ1v) is 10.3. The second kappa shape index (κ2) is 8.17. The largest absolute Gasteiger partial charge is 0.280 e. The minimum Gasteiger partial charge on any atom is -0.280 e. The molecule has 28 heavy (non-hydrogen) atoms. The van der Waals surface area contributed by atoms with Crippen LogP contribution in [0.1, 0.15) is 24.1 Å². The Morgan fingerprint density at radius 2 is 1.79 bits per heavy atom. The first-order chi connectivity index (χ1) is 13.6. The molecule has 6 heteroatoms. The topological polar surface area (TPSA) is 47.8 Å². The average molecular weight is 408 g/mol. The maximum Gasteiger partial charge on any atom is 0.262 e. The molecule has 0 saturated heterocycles. The monoisotopic (exact) mass is 407 g/mol. The third-order valence-corrected chi connectivity index (χ3v) is 5.85. The van der Waals surface area contributed by atoms with Crippen LogP contribution in [0.2, 0.25) is 5.15 Å². The SMILES string of the molecule is CC(c1ccccc1)n1c(SCc2ccc(Cl)nc2)nc2ccccc2c1=O. The van der Waals surface area contributed by atoms with Crippen molar-refractivity contribution in [2.45, 2.75) is 23.9 Å². The molecule has 4 nitrogen and oxygen atoms in total. The predicted octanol–water partition coefficient (Wildman–Crippen LogP) is 5.35. The molecular weight excluding hydrogens is 390 g/mol. The summed E-state index contributed by atoms with van der Waals surface area (Å²) in [5, 5.41) is 1.78. The van der Waals surface area contributed by atoms with E-state index in [4.69, 9.17) is 16.6 Å². The maximum absolute atomic E-state index is 13.3. The second-order valence-corrected chi connectivity index (χ2v) is 7.78.